The molecule has 4 rings (SSSR count). The Bertz CT molecular complexity index is 1220. The zero-order valence-corrected chi connectivity index (χ0v) is 20.8. The lowest BCUT2D eigenvalue weighted by Gasteiger charge is -2.19. The van der Waals surface area contributed by atoms with Crippen LogP contribution in [-0.4, -0.2) is 58.5 Å². The highest BCUT2D eigenvalue weighted by molar-refractivity contribution is 6.34. The van der Waals surface area contributed by atoms with Gasteiger partial charge >= 0.3 is 0 Å². The first kappa shape index (κ1) is 24.2. The smallest absolute Gasteiger partial charge is 0.255 e. The largest absolute Gasteiger partial charge is 0.365 e. The molecular weight excluding hydrogens is 452 g/mol. The number of ether oxygens (including phenoxy) is 1. The van der Waals surface area contributed by atoms with E-state index >= 15 is 0 Å². The SMILES string of the molecule is CCNC(=O)C1(OCC)CC1c1cc(-c2ccc(C(=O)N(CC)CC)c(Cl)c2)c2nc[nH]c2c1. The maximum atomic E-state index is 12.8. The molecule has 34 heavy (non-hydrogen) atoms. The molecule has 2 aromatic carbocycles. The fourth-order valence-electron chi connectivity index (χ4n) is 4.71. The molecule has 0 aliphatic heterocycles. The van der Waals surface area contributed by atoms with Crippen molar-refractivity contribution in [1.82, 2.24) is 20.2 Å². The van der Waals surface area contributed by atoms with Gasteiger partial charge in [-0.25, -0.2) is 4.98 Å². The number of nitrogens with one attached hydrogen (secondary N) is 2. The van der Waals surface area contributed by atoms with Gasteiger partial charge in [-0.2, -0.15) is 0 Å². The number of imidazole rings is 1. The van der Waals surface area contributed by atoms with E-state index in [1.165, 1.54) is 0 Å². The Morgan fingerprint density at radius 3 is 2.62 bits per heavy atom. The van der Waals surface area contributed by atoms with E-state index < -0.39 is 5.60 Å². The Morgan fingerprint density at radius 2 is 1.97 bits per heavy atom. The second-order valence-electron chi connectivity index (χ2n) is 8.48. The van der Waals surface area contributed by atoms with Crippen LogP contribution in [0.4, 0.5) is 0 Å². The molecule has 7 nitrogen and oxygen atoms in total. The van der Waals surface area contributed by atoms with Crippen LogP contribution in [0.2, 0.25) is 5.02 Å². The predicted octanol–water partition coefficient (Wildman–Crippen LogP) is 4.76. The Balaban J connectivity index is 1.74. The van der Waals surface area contributed by atoms with Crippen molar-refractivity contribution in [2.75, 3.05) is 26.2 Å². The molecule has 2 amide bonds. The normalized spacial score (nSPS) is 19.3. The average Bonchev–Trinajstić information content (AvgIpc) is 3.36. The molecule has 3 aromatic rings. The van der Waals surface area contributed by atoms with Gasteiger partial charge in [0.1, 0.15) is 0 Å². The minimum atomic E-state index is -0.840. The number of benzene rings is 2. The van der Waals surface area contributed by atoms with Gasteiger partial charge in [0, 0.05) is 37.7 Å². The molecule has 1 saturated carbocycles. The summed E-state index contributed by atoms with van der Waals surface area (Å²) in [6.07, 6.45) is 2.29. The molecule has 0 spiro atoms. The quantitative estimate of drug-likeness (QED) is 0.460. The number of H-pyrrole nitrogens is 1. The lowest BCUT2D eigenvalue weighted by Crippen LogP contribution is -2.39. The van der Waals surface area contributed by atoms with Crippen molar-refractivity contribution >= 4 is 34.4 Å². The van der Waals surface area contributed by atoms with E-state index in [1.54, 1.807) is 17.3 Å². The van der Waals surface area contributed by atoms with Gasteiger partial charge in [0.05, 0.1) is 27.9 Å². The van der Waals surface area contributed by atoms with Crippen LogP contribution in [0.3, 0.4) is 0 Å². The number of fused-ring (bicyclic) bond motifs is 1. The summed E-state index contributed by atoms with van der Waals surface area (Å²) in [5.41, 5.74) is 4.09. The number of amides is 2. The van der Waals surface area contributed by atoms with Crippen LogP contribution in [0.5, 0.6) is 0 Å². The second kappa shape index (κ2) is 9.76. The third-order valence-electron chi connectivity index (χ3n) is 6.54. The molecule has 1 heterocycles. The lowest BCUT2D eigenvalue weighted by atomic mass is 9.97. The van der Waals surface area contributed by atoms with Crippen molar-refractivity contribution in [3.63, 3.8) is 0 Å². The molecule has 180 valence electrons. The number of nitrogens with zero attached hydrogens (tertiary/aromatic N) is 2. The second-order valence-corrected chi connectivity index (χ2v) is 8.89. The van der Waals surface area contributed by atoms with E-state index in [9.17, 15) is 9.59 Å². The highest BCUT2D eigenvalue weighted by atomic mass is 35.5. The summed E-state index contributed by atoms with van der Waals surface area (Å²) in [5, 5.41) is 3.32. The lowest BCUT2D eigenvalue weighted by molar-refractivity contribution is -0.135. The maximum Gasteiger partial charge on any atom is 0.255 e. The van der Waals surface area contributed by atoms with Crippen LogP contribution < -0.4 is 5.32 Å². The van der Waals surface area contributed by atoms with Gasteiger partial charge in [-0.05, 0) is 69.5 Å². The fourth-order valence-corrected chi connectivity index (χ4v) is 4.97. The summed E-state index contributed by atoms with van der Waals surface area (Å²) in [5.74, 6) is -0.207. The molecule has 1 aliphatic carbocycles. The van der Waals surface area contributed by atoms with Crippen LogP contribution in [0.1, 0.15) is 56.0 Å². The first-order valence-electron chi connectivity index (χ1n) is 11.9. The maximum absolute atomic E-state index is 12.8. The van der Waals surface area contributed by atoms with E-state index in [2.05, 4.69) is 21.4 Å². The number of halogens is 1. The fraction of sp³-hybridized carbons (Fsp3) is 0.423. The van der Waals surface area contributed by atoms with Crippen LogP contribution >= 0.6 is 11.6 Å². The zero-order valence-electron chi connectivity index (χ0n) is 20.1. The van der Waals surface area contributed by atoms with E-state index in [0.29, 0.717) is 43.2 Å². The molecule has 1 fully saturated rings. The molecule has 8 heteroatoms. The Hall–Kier alpha value is -2.90. The summed E-state index contributed by atoms with van der Waals surface area (Å²) in [6.45, 7) is 9.97. The third kappa shape index (κ3) is 4.18. The molecular formula is C26H31ClN4O3. The van der Waals surface area contributed by atoms with Gasteiger partial charge in [0.15, 0.2) is 5.60 Å². The summed E-state index contributed by atoms with van der Waals surface area (Å²) >= 11 is 6.59. The van der Waals surface area contributed by atoms with Crippen molar-refractivity contribution in [3.05, 3.63) is 52.8 Å². The van der Waals surface area contributed by atoms with Crippen molar-refractivity contribution < 1.29 is 14.3 Å². The first-order valence-corrected chi connectivity index (χ1v) is 12.3. The van der Waals surface area contributed by atoms with E-state index in [-0.39, 0.29) is 17.7 Å². The van der Waals surface area contributed by atoms with Crippen molar-refractivity contribution in [2.45, 2.75) is 45.6 Å². The van der Waals surface area contributed by atoms with Crippen molar-refractivity contribution in [2.24, 2.45) is 0 Å². The predicted molar refractivity (Wildman–Crippen MR) is 134 cm³/mol. The standard InChI is InChI=1S/C26H31ClN4O3/c1-5-28-25(33)26(34-8-4)14-20(26)17-11-19(23-22(13-17)29-15-30-23)16-9-10-18(21(27)12-16)24(32)31(6-2)7-3/h9-13,15,20H,5-8,14H2,1-4H3,(H,28,33)(H,29,30). The van der Waals surface area contributed by atoms with E-state index in [1.807, 2.05) is 45.9 Å². The van der Waals surface area contributed by atoms with Gasteiger partial charge in [-0.3, -0.25) is 9.59 Å². The van der Waals surface area contributed by atoms with E-state index in [4.69, 9.17) is 16.3 Å². The summed E-state index contributed by atoms with van der Waals surface area (Å²) in [4.78, 5) is 35.1. The van der Waals surface area contributed by atoms with Crippen LogP contribution in [0.25, 0.3) is 22.2 Å². The summed E-state index contributed by atoms with van der Waals surface area (Å²) < 4.78 is 5.96. The van der Waals surface area contributed by atoms with Crippen LogP contribution in [0, 0.1) is 0 Å². The summed E-state index contributed by atoms with van der Waals surface area (Å²) in [6, 6.07) is 9.60. The molecule has 0 saturated heterocycles. The number of carbonyl (C=O) groups excluding carboxylic acids is 2. The minimum Gasteiger partial charge on any atom is -0.365 e. The Morgan fingerprint density at radius 1 is 1.21 bits per heavy atom. The molecule has 1 aromatic heterocycles. The number of carbonyl (C=O) groups is 2. The molecule has 2 unspecified atom stereocenters. The number of aromatic amines is 1. The van der Waals surface area contributed by atoms with Crippen molar-refractivity contribution in [1.29, 1.82) is 0 Å². The Labute approximate surface area is 204 Å². The molecule has 2 N–H and O–H groups in total. The third-order valence-corrected chi connectivity index (χ3v) is 6.86. The molecule has 0 radical (unpaired) electrons. The highest BCUT2D eigenvalue weighted by Crippen LogP contribution is 2.55. The minimum absolute atomic E-state index is 0.0514. The number of rotatable bonds is 9. The number of hydrogen-bond donors (Lipinski definition) is 2. The molecule has 2 atom stereocenters. The van der Waals surface area contributed by atoms with Crippen LogP contribution in [0.15, 0.2) is 36.7 Å². The molecule has 0 bridgehead atoms. The average molecular weight is 483 g/mol. The van der Waals surface area contributed by atoms with Gasteiger partial charge < -0.3 is 19.9 Å². The number of likely N-dealkylation sites (N-methyl/N-ethyl adjacent to an activating group) is 1. The first-order chi connectivity index (χ1) is 16.4. The van der Waals surface area contributed by atoms with Gasteiger partial charge in [-0.1, -0.05) is 17.7 Å². The number of aromatic nitrogens is 2. The monoisotopic (exact) mass is 482 g/mol. The molecule has 1 aliphatic rings. The van der Waals surface area contributed by atoms with Gasteiger partial charge in [0.2, 0.25) is 0 Å². The number of hydrogen-bond acceptors (Lipinski definition) is 4. The van der Waals surface area contributed by atoms with Gasteiger partial charge in [0.25, 0.3) is 11.8 Å². The summed E-state index contributed by atoms with van der Waals surface area (Å²) in [7, 11) is 0. The van der Waals surface area contributed by atoms with Crippen LogP contribution in [-0.2, 0) is 9.53 Å². The van der Waals surface area contributed by atoms with Gasteiger partial charge in [-0.15, -0.1) is 0 Å². The van der Waals surface area contributed by atoms with Crippen molar-refractivity contribution in [3.8, 4) is 11.1 Å². The Kier molecular flexibility index (Phi) is 6.96. The highest BCUT2D eigenvalue weighted by Gasteiger charge is 2.62. The topological polar surface area (TPSA) is 87.3 Å². The van der Waals surface area contributed by atoms with E-state index in [0.717, 1.165) is 27.7 Å². The zero-order chi connectivity index (χ0) is 24.5.